The lowest BCUT2D eigenvalue weighted by Gasteiger charge is -2.34. The number of rotatable bonds is 5. The molecule has 1 aliphatic carbocycles. The van der Waals surface area contributed by atoms with Crippen LogP contribution in [0.2, 0.25) is 0 Å². The van der Waals surface area contributed by atoms with Crippen molar-refractivity contribution in [1.82, 2.24) is 5.32 Å². The number of hydrogen-bond acceptors (Lipinski definition) is 3. The van der Waals surface area contributed by atoms with E-state index < -0.39 is 11.4 Å². The predicted octanol–water partition coefficient (Wildman–Crippen LogP) is 1.51. The lowest BCUT2D eigenvalue weighted by atomic mass is 9.81. The summed E-state index contributed by atoms with van der Waals surface area (Å²) in [5.74, 6) is -0.970. The molecule has 19 heavy (non-hydrogen) atoms. The van der Waals surface area contributed by atoms with Crippen molar-refractivity contribution in [3.8, 4) is 0 Å². The molecule has 1 aliphatic rings. The third-order valence-electron chi connectivity index (χ3n) is 4.16. The minimum Gasteiger partial charge on any atom is -0.481 e. The summed E-state index contributed by atoms with van der Waals surface area (Å²) < 4.78 is 0. The summed E-state index contributed by atoms with van der Waals surface area (Å²) >= 11 is 0. The van der Waals surface area contributed by atoms with Crippen molar-refractivity contribution in [2.45, 2.75) is 58.9 Å². The monoisotopic (exact) mass is 270 g/mol. The maximum absolute atomic E-state index is 12.5. The second-order valence-corrected chi connectivity index (χ2v) is 6.68. The van der Waals surface area contributed by atoms with Gasteiger partial charge in [0.2, 0.25) is 5.91 Å². The summed E-state index contributed by atoms with van der Waals surface area (Å²) in [7, 11) is 0. The molecule has 1 atom stereocenters. The van der Waals surface area contributed by atoms with Gasteiger partial charge in [-0.15, -0.1) is 0 Å². The van der Waals surface area contributed by atoms with Crippen molar-refractivity contribution in [2.75, 3.05) is 6.54 Å². The van der Waals surface area contributed by atoms with Gasteiger partial charge in [0, 0.05) is 12.6 Å². The number of carbonyl (C=O) groups is 2. The highest BCUT2D eigenvalue weighted by Crippen LogP contribution is 2.38. The van der Waals surface area contributed by atoms with Gasteiger partial charge >= 0.3 is 5.97 Å². The molecule has 0 aliphatic heterocycles. The Kier molecular flexibility index (Phi) is 4.96. The molecule has 1 fully saturated rings. The molecule has 0 radical (unpaired) electrons. The van der Waals surface area contributed by atoms with Gasteiger partial charge < -0.3 is 16.2 Å². The van der Waals surface area contributed by atoms with Crippen molar-refractivity contribution >= 4 is 11.9 Å². The van der Waals surface area contributed by atoms with E-state index >= 15 is 0 Å². The van der Waals surface area contributed by atoms with Gasteiger partial charge in [0.1, 0.15) is 0 Å². The van der Waals surface area contributed by atoms with Crippen LogP contribution in [0.1, 0.15) is 52.9 Å². The zero-order valence-electron chi connectivity index (χ0n) is 12.2. The molecule has 0 bridgehead atoms. The molecule has 1 rings (SSSR count). The van der Waals surface area contributed by atoms with Crippen LogP contribution >= 0.6 is 0 Å². The Bertz CT molecular complexity index is 341. The molecule has 0 spiro atoms. The normalized spacial score (nSPS) is 20.0. The summed E-state index contributed by atoms with van der Waals surface area (Å²) in [4.78, 5) is 23.4. The van der Waals surface area contributed by atoms with Gasteiger partial charge in [-0.05, 0) is 18.3 Å². The molecule has 1 saturated carbocycles. The number of nitrogens with two attached hydrogens (primary N) is 1. The van der Waals surface area contributed by atoms with Gasteiger partial charge in [-0.3, -0.25) is 9.59 Å². The van der Waals surface area contributed by atoms with Crippen molar-refractivity contribution in [3.05, 3.63) is 0 Å². The van der Waals surface area contributed by atoms with Crippen LogP contribution < -0.4 is 11.1 Å². The van der Waals surface area contributed by atoms with Crippen LogP contribution in [0.5, 0.6) is 0 Å². The lowest BCUT2D eigenvalue weighted by Crippen LogP contribution is -2.52. The Morgan fingerprint density at radius 2 is 1.84 bits per heavy atom. The third kappa shape index (κ3) is 3.93. The van der Waals surface area contributed by atoms with Crippen LogP contribution in [0.3, 0.4) is 0 Å². The van der Waals surface area contributed by atoms with Crippen molar-refractivity contribution in [3.63, 3.8) is 0 Å². The molecule has 1 amide bonds. The number of carbonyl (C=O) groups excluding carboxylic acids is 1. The van der Waals surface area contributed by atoms with Crippen LogP contribution in [-0.4, -0.2) is 29.6 Å². The Morgan fingerprint density at radius 1 is 1.32 bits per heavy atom. The fraction of sp³-hybridized carbons (Fsp3) is 0.857. The first-order valence-electron chi connectivity index (χ1n) is 6.94. The second kappa shape index (κ2) is 5.90. The minimum absolute atomic E-state index is 0.0596. The van der Waals surface area contributed by atoms with Crippen LogP contribution in [0.15, 0.2) is 0 Å². The molecule has 1 unspecified atom stereocenters. The van der Waals surface area contributed by atoms with Crippen molar-refractivity contribution in [1.29, 1.82) is 0 Å². The first-order chi connectivity index (χ1) is 8.71. The Balaban J connectivity index is 2.78. The number of nitrogens with one attached hydrogen (secondary N) is 1. The highest BCUT2D eigenvalue weighted by Gasteiger charge is 2.41. The number of amides is 1. The molecule has 0 heterocycles. The van der Waals surface area contributed by atoms with Gasteiger partial charge in [-0.1, -0.05) is 33.6 Å². The number of carboxylic acid groups (broad SMARTS) is 1. The molecule has 0 aromatic rings. The molecule has 4 N–H and O–H groups in total. The maximum Gasteiger partial charge on any atom is 0.305 e. The van der Waals surface area contributed by atoms with E-state index in [4.69, 9.17) is 10.8 Å². The largest absolute Gasteiger partial charge is 0.481 e. The van der Waals surface area contributed by atoms with E-state index in [-0.39, 0.29) is 23.8 Å². The molecular weight excluding hydrogens is 244 g/mol. The van der Waals surface area contributed by atoms with E-state index in [2.05, 4.69) is 5.32 Å². The van der Waals surface area contributed by atoms with E-state index in [0.29, 0.717) is 6.54 Å². The van der Waals surface area contributed by atoms with Crippen molar-refractivity contribution < 1.29 is 14.7 Å². The van der Waals surface area contributed by atoms with Gasteiger partial charge in [0.25, 0.3) is 0 Å². The van der Waals surface area contributed by atoms with Gasteiger partial charge in [-0.25, -0.2) is 0 Å². The lowest BCUT2D eigenvalue weighted by molar-refractivity contribution is -0.139. The van der Waals surface area contributed by atoms with Crippen LogP contribution in [-0.2, 0) is 9.59 Å². The smallest absolute Gasteiger partial charge is 0.305 e. The Labute approximate surface area is 114 Å². The SMILES string of the molecule is CC(C)(C)C(CC(=O)O)NC(=O)C1(CN)CCCC1. The Morgan fingerprint density at radius 3 is 2.21 bits per heavy atom. The molecular formula is C14H26N2O3. The summed E-state index contributed by atoms with van der Waals surface area (Å²) in [5.41, 5.74) is 5.01. The first-order valence-corrected chi connectivity index (χ1v) is 6.94. The molecule has 110 valence electrons. The van der Waals surface area contributed by atoms with E-state index in [1.54, 1.807) is 0 Å². The molecule has 0 saturated heterocycles. The predicted molar refractivity (Wildman–Crippen MR) is 73.6 cm³/mol. The molecule has 5 nitrogen and oxygen atoms in total. The second-order valence-electron chi connectivity index (χ2n) is 6.68. The van der Waals surface area contributed by atoms with E-state index in [1.165, 1.54) is 0 Å². The van der Waals surface area contributed by atoms with Crippen LogP contribution in [0.4, 0.5) is 0 Å². The fourth-order valence-electron chi connectivity index (χ4n) is 2.64. The van der Waals surface area contributed by atoms with Crippen LogP contribution in [0.25, 0.3) is 0 Å². The van der Waals surface area contributed by atoms with Gasteiger partial charge in [-0.2, -0.15) is 0 Å². The highest BCUT2D eigenvalue weighted by atomic mass is 16.4. The fourth-order valence-corrected chi connectivity index (χ4v) is 2.64. The van der Waals surface area contributed by atoms with Gasteiger partial charge in [0.15, 0.2) is 0 Å². The highest BCUT2D eigenvalue weighted by molar-refractivity contribution is 5.84. The molecule has 0 aromatic heterocycles. The third-order valence-corrected chi connectivity index (χ3v) is 4.16. The number of carboxylic acids is 1. The number of aliphatic carboxylic acids is 1. The van der Waals surface area contributed by atoms with E-state index in [1.807, 2.05) is 20.8 Å². The van der Waals surface area contributed by atoms with Crippen molar-refractivity contribution in [2.24, 2.45) is 16.6 Å². The van der Waals surface area contributed by atoms with E-state index in [0.717, 1.165) is 25.7 Å². The summed E-state index contributed by atoms with van der Waals surface area (Å²) in [6, 6.07) is -0.374. The quantitative estimate of drug-likeness (QED) is 0.706. The average Bonchev–Trinajstić information content (AvgIpc) is 2.75. The topological polar surface area (TPSA) is 92.4 Å². The zero-order chi connectivity index (χ0) is 14.7. The zero-order valence-corrected chi connectivity index (χ0v) is 12.2. The maximum atomic E-state index is 12.5. The summed E-state index contributed by atoms with van der Waals surface area (Å²) in [5, 5.41) is 11.9. The van der Waals surface area contributed by atoms with Crippen LogP contribution in [0, 0.1) is 10.8 Å². The standard InChI is InChI=1S/C14H26N2O3/c1-13(2,3)10(8-11(17)18)16-12(19)14(9-15)6-4-5-7-14/h10H,4-9,15H2,1-3H3,(H,16,19)(H,17,18). The summed E-state index contributed by atoms with van der Waals surface area (Å²) in [6.07, 6.45) is 3.59. The van der Waals surface area contributed by atoms with Gasteiger partial charge in [0.05, 0.1) is 11.8 Å². The van der Waals surface area contributed by atoms with E-state index in [9.17, 15) is 9.59 Å². The average molecular weight is 270 g/mol. The first kappa shape index (κ1) is 16.0. The number of hydrogen-bond donors (Lipinski definition) is 3. The Hall–Kier alpha value is -1.10. The minimum atomic E-state index is -0.895. The summed E-state index contributed by atoms with van der Waals surface area (Å²) in [6.45, 7) is 6.14. The molecule has 0 aromatic carbocycles. The molecule has 5 heteroatoms.